The molecule has 0 aliphatic heterocycles. The number of ether oxygens (including phenoxy) is 1. The Bertz CT molecular complexity index is 1200. The van der Waals surface area contributed by atoms with Crippen LogP contribution in [0.5, 0.6) is 0 Å². The molecule has 2 aromatic carbocycles. The smallest absolute Gasteiger partial charge is 0.325 e. The Morgan fingerprint density at radius 1 is 1.26 bits per heavy atom. The van der Waals surface area contributed by atoms with Gasteiger partial charge in [-0.3, -0.25) is 14.9 Å². The van der Waals surface area contributed by atoms with E-state index in [2.05, 4.69) is 9.13 Å². The Hall–Kier alpha value is -3.05. The van der Waals surface area contributed by atoms with Crippen molar-refractivity contribution < 1.29 is 22.9 Å². The van der Waals surface area contributed by atoms with Crippen LogP contribution in [-0.2, 0) is 26.1 Å². The van der Waals surface area contributed by atoms with E-state index >= 15 is 0 Å². The molecule has 140 valence electrons. The number of methoxy groups -OCH3 is 1. The van der Waals surface area contributed by atoms with E-state index in [0.717, 1.165) is 11.3 Å². The van der Waals surface area contributed by atoms with Gasteiger partial charge >= 0.3 is 5.97 Å². The summed E-state index contributed by atoms with van der Waals surface area (Å²) in [4.78, 5) is 22.2. The third-order valence-electron chi connectivity index (χ3n) is 3.63. The van der Waals surface area contributed by atoms with E-state index in [-0.39, 0.29) is 21.9 Å². The molecule has 0 atom stereocenters. The van der Waals surface area contributed by atoms with Crippen molar-refractivity contribution in [3.63, 3.8) is 0 Å². The number of rotatable bonds is 5. The Morgan fingerprint density at radius 3 is 2.59 bits per heavy atom. The lowest BCUT2D eigenvalue weighted by molar-refractivity contribution is -0.384. The highest BCUT2D eigenvalue weighted by Gasteiger charge is 2.17. The van der Waals surface area contributed by atoms with E-state index in [0.29, 0.717) is 10.2 Å². The molecule has 0 fully saturated rings. The third-order valence-corrected chi connectivity index (χ3v) is 6.07. The van der Waals surface area contributed by atoms with Crippen LogP contribution in [0, 0.1) is 10.1 Å². The molecular formula is C16H13N3O6S2. The number of aromatic nitrogens is 1. The van der Waals surface area contributed by atoms with Crippen molar-refractivity contribution in [1.29, 1.82) is 0 Å². The second-order valence-corrected chi connectivity index (χ2v) is 7.95. The molecule has 11 heteroatoms. The number of hydrogen-bond acceptors (Lipinski definition) is 7. The van der Waals surface area contributed by atoms with E-state index in [9.17, 15) is 23.3 Å². The minimum atomic E-state index is -4.02. The van der Waals surface area contributed by atoms with Crippen molar-refractivity contribution in [3.05, 3.63) is 63.4 Å². The van der Waals surface area contributed by atoms with Crippen molar-refractivity contribution in [2.75, 3.05) is 7.11 Å². The highest BCUT2D eigenvalue weighted by Crippen LogP contribution is 2.24. The number of non-ortho nitro benzene ring substituents is 1. The molecule has 0 N–H and O–H groups in total. The number of fused-ring (bicyclic) bond motifs is 1. The summed E-state index contributed by atoms with van der Waals surface area (Å²) in [5, 5.41) is 11.0. The molecule has 0 saturated heterocycles. The van der Waals surface area contributed by atoms with Gasteiger partial charge in [-0.1, -0.05) is 29.5 Å². The van der Waals surface area contributed by atoms with Crippen molar-refractivity contribution in [3.8, 4) is 0 Å². The summed E-state index contributed by atoms with van der Waals surface area (Å²) in [6, 6.07) is 11.7. The zero-order valence-electron chi connectivity index (χ0n) is 13.9. The number of esters is 1. The quantitative estimate of drug-likeness (QED) is 0.363. The van der Waals surface area contributed by atoms with Gasteiger partial charge in [0.05, 0.1) is 27.1 Å². The van der Waals surface area contributed by atoms with Crippen LogP contribution < -0.4 is 4.80 Å². The van der Waals surface area contributed by atoms with Gasteiger partial charge < -0.3 is 9.30 Å². The standard InChI is InChI=1S/C16H13N3O6S2/c1-25-15(20)10-18-13-8-7-11(19(21)22)9-14(13)26-16(18)17-27(23,24)12-5-3-2-4-6-12/h2-9H,10H2,1H3/b17-16-. The lowest BCUT2D eigenvalue weighted by Gasteiger charge is -2.04. The number of sulfonamides is 1. The summed E-state index contributed by atoms with van der Waals surface area (Å²) in [7, 11) is -2.82. The molecule has 1 heterocycles. The van der Waals surface area contributed by atoms with E-state index < -0.39 is 20.9 Å². The van der Waals surface area contributed by atoms with Crippen LogP contribution in [0.4, 0.5) is 5.69 Å². The molecule has 0 spiro atoms. The molecule has 0 unspecified atom stereocenters. The average molecular weight is 407 g/mol. The molecule has 0 bridgehead atoms. The van der Waals surface area contributed by atoms with Crippen LogP contribution in [0.1, 0.15) is 0 Å². The first kappa shape index (κ1) is 18.7. The van der Waals surface area contributed by atoms with Crippen LogP contribution in [0.3, 0.4) is 0 Å². The molecular weight excluding hydrogens is 394 g/mol. The topological polar surface area (TPSA) is 121 Å². The van der Waals surface area contributed by atoms with Crippen molar-refractivity contribution in [1.82, 2.24) is 4.57 Å². The molecule has 1 aromatic heterocycles. The van der Waals surface area contributed by atoms with Crippen molar-refractivity contribution in [2.45, 2.75) is 11.4 Å². The average Bonchev–Trinajstić information content (AvgIpc) is 2.98. The molecule has 3 aromatic rings. The van der Waals surface area contributed by atoms with Gasteiger partial charge in [-0.2, -0.15) is 8.42 Å². The second kappa shape index (κ2) is 7.29. The van der Waals surface area contributed by atoms with Gasteiger partial charge in [0, 0.05) is 12.1 Å². The van der Waals surface area contributed by atoms with E-state index in [1.807, 2.05) is 0 Å². The van der Waals surface area contributed by atoms with Crippen LogP contribution in [0.25, 0.3) is 10.2 Å². The largest absolute Gasteiger partial charge is 0.468 e. The molecule has 27 heavy (non-hydrogen) atoms. The number of nitrogens with zero attached hydrogens (tertiary/aromatic N) is 3. The summed E-state index contributed by atoms with van der Waals surface area (Å²) < 4.78 is 35.4. The highest BCUT2D eigenvalue weighted by atomic mass is 32.2. The van der Waals surface area contributed by atoms with E-state index in [1.165, 1.54) is 42.0 Å². The fourth-order valence-corrected chi connectivity index (χ4v) is 4.63. The van der Waals surface area contributed by atoms with Gasteiger partial charge in [0.1, 0.15) is 6.54 Å². The minimum Gasteiger partial charge on any atom is -0.468 e. The normalized spacial score (nSPS) is 12.3. The lowest BCUT2D eigenvalue weighted by Crippen LogP contribution is -2.22. The fourth-order valence-electron chi connectivity index (χ4n) is 2.34. The maximum Gasteiger partial charge on any atom is 0.325 e. The van der Waals surface area contributed by atoms with Crippen LogP contribution in [0.15, 0.2) is 57.8 Å². The monoisotopic (exact) mass is 407 g/mol. The van der Waals surface area contributed by atoms with Gasteiger partial charge in [0.25, 0.3) is 15.7 Å². The van der Waals surface area contributed by atoms with Gasteiger partial charge in [-0.05, 0) is 18.2 Å². The zero-order valence-corrected chi connectivity index (χ0v) is 15.6. The number of nitro groups is 1. The molecule has 0 saturated carbocycles. The Labute approximate surface area is 157 Å². The predicted molar refractivity (Wildman–Crippen MR) is 97.7 cm³/mol. The molecule has 9 nitrogen and oxygen atoms in total. The SMILES string of the molecule is COC(=O)Cn1/c(=N/S(=O)(=O)c2ccccc2)sc2cc([N+](=O)[O-])ccc21. The summed E-state index contributed by atoms with van der Waals surface area (Å²) in [6.45, 7) is -0.280. The molecule has 0 radical (unpaired) electrons. The molecule has 0 amide bonds. The first-order chi connectivity index (χ1) is 12.8. The lowest BCUT2D eigenvalue weighted by atomic mass is 10.3. The second-order valence-electron chi connectivity index (χ2n) is 5.34. The van der Waals surface area contributed by atoms with Crippen molar-refractivity contribution in [2.24, 2.45) is 4.40 Å². The maximum absolute atomic E-state index is 12.6. The Morgan fingerprint density at radius 2 is 1.96 bits per heavy atom. The van der Waals surface area contributed by atoms with E-state index in [1.54, 1.807) is 18.2 Å². The number of hydrogen-bond donors (Lipinski definition) is 0. The molecule has 0 aliphatic rings. The summed E-state index contributed by atoms with van der Waals surface area (Å²) in [5.41, 5.74) is 0.296. The predicted octanol–water partition coefficient (Wildman–Crippen LogP) is 2.07. The minimum absolute atomic E-state index is 0.00180. The first-order valence-corrected chi connectivity index (χ1v) is 9.78. The number of carbonyl (C=O) groups is 1. The maximum atomic E-state index is 12.6. The fraction of sp³-hybridized carbons (Fsp3) is 0.125. The Balaban J connectivity index is 2.25. The zero-order chi connectivity index (χ0) is 19.6. The Kier molecular flexibility index (Phi) is 5.06. The van der Waals surface area contributed by atoms with Crippen molar-refractivity contribution >= 4 is 43.2 Å². The van der Waals surface area contributed by atoms with Gasteiger partial charge in [-0.25, -0.2) is 0 Å². The van der Waals surface area contributed by atoms with Crippen LogP contribution in [-0.4, -0.2) is 31.0 Å². The molecule has 0 aliphatic carbocycles. The van der Waals surface area contributed by atoms with Gasteiger partial charge in [0.2, 0.25) is 4.80 Å². The third kappa shape index (κ3) is 3.88. The number of carbonyl (C=O) groups excluding carboxylic acids is 1. The molecule has 3 rings (SSSR count). The summed E-state index contributed by atoms with van der Waals surface area (Å²) >= 11 is 0.934. The number of benzene rings is 2. The van der Waals surface area contributed by atoms with Gasteiger partial charge in [0.15, 0.2) is 0 Å². The van der Waals surface area contributed by atoms with Crippen LogP contribution >= 0.6 is 11.3 Å². The first-order valence-electron chi connectivity index (χ1n) is 7.52. The number of thiazole rings is 1. The summed E-state index contributed by atoms with van der Waals surface area (Å²) in [5.74, 6) is -0.605. The van der Waals surface area contributed by atoms with Crippen LogP contribution in [0.2, 0.25) is 0 Å². The highest BCUT2D eigenvalue weighted by molar-refractivity contribution is 7.90. The number of nitro benzene ring substituents is 1. The summed E-state index contributed by atoms with van der Waals surface area (Å²) in [6.07, 6.45) is 0. The van der Waals surface area contributed by atoms with Gasteiger partial charge in [-0.15, -0.1) is 4.40 Å². The van der Waals surface area contributed by atoms with E-state index in [4.69, 9.17) is 0 Å².